The predicted molar refractivity (Wildman–Crippen MR) is 134 cm³/mol. The fourth-order valence-corrected chi connectivity index (χ4v) is 3.63. The fraction of sp³-hybridized carbons (Fsp3) is 0.192. The van der Waals surface area contributed by atoms with Crippen LogP contribution in [0.1, 0.15) is 23.7 Å². The van der Waals surface area contributed by atoms with Gasteiger partial charge in [-0.2, -0.15) is 5.10 Å². The van der Waals surface area contributed by atoms with E-state index < -0.39 is 5.91 Å². The minimum absolute atomic E-state index is 0.0387. The van der Waals surface area contributed by atoms with Crippen LogP contribution in [0.2, 0.25) is 0 Å². The maximum atomic E-state index is 12.7. The molecular formula is C26H25N3O6. The topological polar surface area (TPSA) is 111 Å². The third-order valence-electron chi connectivity index (χ3n) is 5.35. The molecule has 180 valence electrons. The number of hydrogen-bond donors (Lipinski definition) is 2. The van der Waals surface area contributed by atoms with E-state index in [2.05, 4.69) is 15.8 Å². The second-order valence-corrected chi connectivity index (χ2v) is 7.76. The quantitative estimate of drug-likeness (QED) is 0.281. The molecule has 0 aliphatic rings. The van der Waals surface area contributed by atoms with Crippen LogP contribution < -0.4 is 25.0 Å². The molecule has 9 heteroatoms. The first-order valence-electron chi connectivity index (χ1n) is 10.8. The molecule has 2 N–H and O–H groups in total. The van der Waals surface area contributed by atoms with Gasteiger partial charge in [0.1, 0.15) is 28.4 Å². The van der Waals surface area contributed by atoms with Gasteiger partial charge in [-0.25, -0.2) is 5.43 Å². The number of hydrazone groups is 1. The summed E-state index contributed by atoms with van der Waals surface area (Å²) in [5.74, 6) is 0.679. The van der Waals surface area contributed by atoms with E-state index in [1.165, 1.54) is 21.3 Å². The first kappa shape index (κ1) is 23.6. The monoisotopic (exact) mass is 475 g/mol. The number of methoxy groups -OCH3 is 3. The van der Waals surface area contributed by atoms with Crippen molar-refractivity contribution in [1.82, 2.24) is 5.43 Å². The lowest BCUT2D eigenvalue weighted by atomic mass is 10.1. The summed E-state index contributed by atoms with van der Waals surface area (Å²) in [6.45, 7) is 1.64. The SMILES string of the molecule is COc1cc(OC)cc(C(=O)N/N=C(\C)CC(=O)Nc2cc3oc4ccccc4c3cc2OC)c1. The highest BCUT2D eigenvalue weighted by atomic mass is 16.5. The largest absolute Gasteiger partial charge is 0.497 e. The minimum Gasteiger partial charge on any atom is -0.497 e. The Bertz CT molecular complexity index is 1420. The van der Waals surface area contributed by atoms with E-state index in [0.717, 1.165) is 16.4 Å². The average Bonchev–Trinajstić information content (AvgIpc) is 3.23. The average molecular weight is 476 g/mol. The summed E-state index contributed by atoms with van der Waals surface area (Å²) < 4.78 is 21.7. The maximum Gasteiger partial charge on any atom is 0.271 e. The van der Waals surface area contributed by atoms with Crippen LogP contribution in [0.4, 0.5) is 5.69 Å². The van der Waals surface area contributed by atoms with Gasteiger partial charge in [-0.15, -0.1) is 0 Å². The van der Waals surface area contributed by atoms with Gasteiger partial charge < -0.3 is 23.9 Å². The Morgan fingerprint density at radius 3 is 2.29 bits per heavy atom. The molecule has 3 aromatic carbocycles. The van der Waals surface area contributed by atoms with Gasteiger partial charge in [0.25, 0.3) is 5.91 Å². The molecule has 9 nitrogen and oxygen atoms in total. The van der Waals surface area contributed by atoms with Gasteiger partial charge in [0.2, 0.25) is 5.91 Å². The molecule has 4 rings (SSSR count). The zero-order valence-electron chi connectivity index (χ0n) is 19.8. The molecule has 1 aromatic heterocycles. The normalized spacial score (nSPS) is 11.4. The molecule has 2 amide bonds. The van der Waals surface area contributed by atoms with Crippen molar-refractivity contribution in [3.05, 3.63) is 60.2 Å². The van der Waals surface area contributed by atoms with Crippen molar-refractivity contribution in [2.24, 2.45) is 5.10 Å². The molecular weight excluding hydrogens is 450 g/mol. The Labute approximate surface area is 201 Å². The van der Waals surface area contributed by atoms with Crippen LogP contribution >= 0.6 is 0 Å². The number of fused-ring (bicyclic) bond motifs is 3. The van der Waals surface area contributed by atoms with Gasteiger partial charge in [-0.05, 0) is 31.2 Å². The van der Waals surface area contributed by atoms with Crippen molar-refractivity contribution < 1.29 is 28.2 Å². The van der Waals surface area contributed by atoms with Gasteiger partial charge in [0.05, 0.1) is 33.4 Å². The third-order valence-corrected chi connectivity index (χ3v) is 5.35. The van der Waals surface area contributed by atoms with Crippen LogP contribution in [0, 0.1) is 0 Å². The number of nitrogens with one attached hydrogen (secondary N) is 2. The summed E-state index contributed by atoms with van der Waals surface area (Å²) in [5.41, 5.74) is 5.03. The van der Waals surface area contributed by atoms with Gasteiger partial charge in [-0.1, -0.05) is 18.2 Å². The first-order chi connectivity index (χ1) is 16.9. The number of carbonyl (C=O) groups excluding carboxylic acids is 2. The second-order valence-electron chi connectivity index (χ2n) is 7.76. The highest BCUT2D eigenvalue weighted by Gasteiger charge is 2.15. The maximum absolute atomic E-state index is 12.7. The van der Waals surface area contributed by atoms with E-state index in [1.54, 1.807) is 31.2 Å². The van der Waals surface area contributed by atoms with Gasteiger partial charge in [-0.3, -0.25) is 9.59 Å². The standard InChI is InChI=1S/C26H25N3O6/c1-15(28-29-26(31)16-10-17(32-2)12-18(11-16)33-3)9-25(30)27-21-14-23-20(13-24(21)34-4)19-7-5-6-8-22(19)35-23/h5-8,10-14H,9H2,1-4H3,(H,27,30)(H,29,31)/b28-15+. The lowest BCUT2D eigenvalue weighted by Crippen LogP contribution is -2.21. The molecule has 0 spiro atoms. The number of furan rings is 1. The van der Waals surface area contributed by atoms with E-state index in [9.17, 15) is 9.59 Å². The molecule has 0 aliphatic heterocycles. The van der Waals surface area contributed by atoms with E-state index in [4.69, 9.17) is 18.6 Å². The number of carbonyl (C=O) groups is 2. The van der Waals surface area contributed by atoms with E-state index in [-0.39, 0.29) is 12.3 Å². The summed E-state index contributed by atoms with van der Waals surface area (Å²) in [7, 11) is 4.53. The summed E-state index contributed by atoms with van der Waals surface area (Å²) in [4.78, 5) is 25.1. The van der Waals surface area contributed by atoms with Gasteiger partial charge >= 0.3 is 0 Å². The predicted octanol–water partition coefficient (Wildman–Crippen LogP) is 4.75. The molecule has 0 unspecified atom stereocenters. The summed E-state index contributed by atoms with van der Waals surface area (Å²) in [6, 6.07) is 16.0. The number of nitrogens with zero attached hydrogens (tertiary/aromatic N) is 1. The van der Waals surface area contributed by atoms with Crippen molar-refractivity contribution in [1.29, 1.82) is 0 Å². The van der Waals surface area contributed by atoms with Crippen molar-refractivity contribution in [2.75, 3.05) is 26.6 Å². The fourth-order valence-electron chi connectivity index (χ4n) is 3.63. The van der Waals surface area contributed by atoms with E-state index in [1.807, 2.05) is 30.3 Å². The molecule has 0 fully saturated rings. The number of rotatable bonds is 8. The number of benzene rings is 3. The number of ether oxygens (including phenoxy) is 3. The molecule has 1 heterocycles. The molecule has 35 heavy (non-hydrogen) atoms. The summed E-state index contributed by atoms with van der Waals surface area (Å²) >= 11 is 0. The van der Waals surface area contributed by atoms with Crippen LogP contribution in [0.25, 0.3) is 21.9 Å². The number of amides is 2. The lowest BCUT2D eigenvalue weighted by Gasteiger charge is -2.10. The van der Waals surface area contributed by atoms with Crippen LogP contribution in [0.15, 0.2) is 64.1 Å². The number of hydrogen-bond acceptors (Lipinski definition) is 7. The minimum atomic E-state index is -0.459. The molecule has 0 bridgehead atoms. The van der Waals surface area contributed by atoms with Crippen molar-refractivity contribution in [3.63, 3.8) is 0 Å². The zero-order valence-corrected chi connectivity index (χ0v) is 19.8. The molecule has 0 saturated heterocycles. The highest BCUT2D eigenvalue weighted by molar-refractivity contribution is 6.10. The zero-order chi connectivity index (χ0) is 24.9. The van der Waals surface area contributed by atoms with Crippen molar-refractivity contribution >= 4 is 45.2 Å². The molecule has 0 atom stereocenters. The Morgan fingerprint density at radius 2 is 1.60 bits per heavy atom. The molecule has 0 radical (unpaired) electrons. The lowest BCUT2D eigenvalue weighted by molar-refractivity contribution is -0.115. The number of para-hydroxylation sites is 1. The Hall–Kier alpha value is -4.53. The van der Waals surface area contributed by atoms with Crippen molar-refractivity contribution in [2.45, 2.75) is 13.3 Å². The van der Waals surface area contributed by atoms with Crippen LogP contribution in [-0.4, -0.2) is 38.9 Å². The number of anilines is 1. The summed E-state index contributed by atoms with van der Waals surface area (Å²) in [5, 5.41) is 8.72. The van der Waals surface area contributed by atoms with Crippen LogP contribution in [0.5, 0.6) is 17.2 Å². The Kier molecular flexibility index (Phi) is 6.86. The molecule has 0 aliphatic carbocycles. The second kappa shape index (κ2) is 10.2. The van der Waals surface area contributed by atoms with Crippen molar-refractivity contribution in [3.8, 4) is 17.2 Å². The molecule has 0 saturated carbocycles. The highest BCUT2D eigenvalue weighted by Crippen LogP contribution is 2.36. The molecule has 4 aromatic rings. The van der Waals surface area contributed by atoms with E-state index >= 15 is 0 Å². The Morgan fingerprint density at radius 1 is 0.886 bits per heavy atom. The van der Waals surface area contributed by atoms with Crippen LogP contribution in [-0.2, 0) is 4.79 Å². The smallest absolute Gasteiger partial charge is 0.271 e. The summed E-state index contributed by atoms with van der Waals surface area (Å²) in [6.07, 6.45) is -0.0387. The van der Waals surface area contributed by atoms with Crippen LogP contribution in [0.3, 0.4) is 0 Å². The Balaban J connectivity index is 1.45. The van der Waals surface area contributed by atoms with Gasteiger partial charge in [0, 0.05) is 34.2 Å². The van der Waals surface area contributed by atoms with E-state index in [0.29, 0.717) is 39.8 Å². The third kappa shape index (κ3) is 5.19. The first-order valence-corrected chi connectivity index (χ1v) is 10.8. The van der Waals surface area contributed by atoms with Gasteiger partial charge in [0.15, 0.2) is 0 Å².